The average molecular weight is 448 g/mol. The first kappa shape index (κ1) is 22.4. The highest BCUT2D eigenvalue weighted by atomic mass is 32.2. The summed E-state index contributed by atoms with van der Waals surface area (Å²) in [5, 5.41) is 2.50. The first-order valence-corrected chi connectivity index (χ1v) is 10.1. The Hall–Kier alpha value is -3.27. The second-order valence-electron chi connectivity index (χ2n) is 6.60. The largest absolute Gasteiger partial charge is 0.452 e. The predicted molar refractivity (Wildman–Crippen MR) is 108 cm³/mol. The summed E-state index contributed by atoms with van der Waals surface area (Å²) in [5.74, 6) is -4.26. The monoisotopic (exact) mass is 448 g/mol. The summed E-state index contributed by atoms with van der Waals surface area (Å²) >= 11 is 0.396. The molecule has 0 unspecified atom stereocenters. The van der Waals surface area contributed by atoms with Crippen molar-refractivity contribution in [3.05, 3.63) is 59.7 Å². The zero-order valence-electron chi connectivity index (χ0n) is 16.2. The number of nitrogens with one attached hydrogen (secondary N) is 1. The molecule has 1 heterocycles. The lowest BCUT2D eigenvalue weighted by Gasteiger charge is -2.13. The van der Waals surface area contributed by atoms with E-state index < -0.39 is 24.2 Å². The third-order valence-corrected chi connectivity index (χ3v) is 5.11. The fourth-order valence-corrected chi connectivity index (χ4v) is 3.36. The molecule has 0 radical (unpaired) electrons. The first-order chi connectivity index (χ1) is 14.8. The molecule has 0 saturated carbocycles. The van der Waals surface area contributed by atoms with Crippen molar-refractivity contribution in [2.45, 2.75) is 30.0 Å². The highest BCUT2D eigenvalue weighted by Crippen LogP contribution is 2.26. The molecule has 31 heavy (non-hydrogen) atoms. The molecule has 3 amide bonds. The summed E-state index contributed by atoms with van der Waals surface area (Å²) in [6.07, 6.45) is 0.425. The van der Waals surface area contributed by atoms with Crippen molar-refractivity contribution in [3.63, 3.8) is 0 Å². The minimum Gasteiger partial charge on any atom is -0.452 e. The van der Waals surface area contributed by atoms with E-state index in [1.807, 2.05) is 0 Å². The Balaban J connectivity index is 1.47. The molecule has 0 spiro atoms. The SMILES string of the molecule is O=C(COC(=O)c1ccc(CN2C(=O)CCC2=O)cc1)Nc1ccc(SC(F)F)cc1. The van der Waals surface area contributed by atoms with Crippen molar-refractivity contribution in [3.8, 4) is 0 Å². The maximum absolute atomic E-state index is 12.3. The molecular weight excluding hydrogens is 430 g/mol. The average Bonchev–Trinajstić information content (AvgIpc) is 3.05. The normalized spacial score (nSPS) is 13.6. The summed E-state index contributed by atoms with van der Waals surface area (Å²) in [7, 11) is 0. The van der Waals surface area contributed by atoms with Crippen LogP contribution in [0.3, 0.4) is 0 Å². The van der Waals surface area contributed by atoms with Crippen LogP contribution in [-0.4, -0.2) is 41.0 Å². The molecule has 10 heteroatoms. The maximum atomic E-state index is 12.3. The number of ether oxygens (including phenoxy) is 1. The number of carbonyl (C=O) groups is 4. The smallest absolute Gasteiger partial charge is 0.338 e. The third-order valence-electron chi connectivity index (χ3n) is 4.38. The lowest BCUT2D eigenvalue weighted by Crippen LogP contribution is -2.28. The highest BCUT2D eigenvalue weighted by Gasteiger charge is 2.28. The minimum atomic E-state index is -2.53. The van der Waals surface area contributed by atoms with Gasteiger partial charge in [0.15, 0.2) is 6.61 Å². The summed E-state index contributed by atoms with van der Waals surface area (Å²) < 4.78 is 29.6. The van der Waals surface area contributed by atoms with Gasteiger partial charge in [0, 0.05) is 23.4 Å². The van der Waals surface area contributed by atoms with Crippen LogP contribution in [0.2, 0.25) is 0 Å². The molecule has 1 N–H and O–H groups in total. The number of thioether (sulfide) groups is 1. The second-order valence-corrected chi connectivity index (χ2v) is 7.66. The van der Waals surface area contributed by atoms with Gasteiger partial charge >= 0.3 is 5.97 Å². The molecular formula is C21H18F2N2O5S. The number of halogens is 2. The van der Waals surface area contributed by atoms with Crippen LogP contribution in [0.4, 0.5) is 14.5 Å². The number of anilines is 1. The van der Waals surface area contributed by atoms with Crippen LogP contribution < -0.4 is 5.32 Å². The van der Waals surface area contributed by atoms with E-state index in [-0.39, 0.29) is 36.8 Å². The molecule has 1 aliphatic heterocycles. The van der Waals surface area contributed by atoms with Gasteiger partial charge in [-0.3, -0.25) is 19.3 Å². The Bertz CT molecular complexity index is 964. The van der Waals surface area contributed by atoms with Gasteiger partial charge in [-0.25, -0.2) is 4.79 Å². The van der Waals surface area contributed by atoms with Crippen LogP contribution in [0.25, 0.3) is 0 Å². The van der Waals surface area contributed by atoms with Gasteiger partial charge in [-0.2, -0.15) is 8.78 Å². The number of carbonyl (C=O) groups excluding carboxylic acids is 4. The lowest BCUT2D eigenvalue weighted by atomic mass is 10.1. The molecule has 0 aromatic heterocycles. The van der Waals surface area contributed by atoms with Crippen LogP contribution in [0.1, 0.15) is 28.8 Å². The number of alkyl halides is 2. The fourth-order valence-electron chi connectivity index (χ4n) is 2.86. The summed E-state index contributed by atoms with van der Waals surface area (Å²) in [6, 6.07) is 12.0. The molecule has 2 aromatic carbocycles. The van der Waals surface area contributed by atoms with E-state index in [9.17, 15) is 28.0 Å². The number of hydrogen-bond acceptors (Lipinski definition) is 6. The van der Waals surface area contributed by atoms with Gasteiger partial charge in [-0.05, 0) is 42.0 Å². The molecule has 1 aliphatic rings. The molecule has 162 valence electrons. The lowest BCUT2D eigenvalue weighted by molar-refractivity contribution is -0.139. The number of hydrogen-bond donors (Lipinski definition) is 1. The minimum absolute atomic E-state index is 0.143. The molecule has 1 saturated heterocycles. The number of imide groups is 1. The van der Waals surface area contributed by atoms with Crippen LogP contribution in [0.15, 0.2) is 53.4 Å². The number of nitrogens with zero attached hydrogens (tertiary/aromatic N) is 1. The Labute approximate surface area is 180 Å². The third kappa shape index (κ3) is 6.35. The Morgan fingerprint density at radius 3 is 2.19 bits per heavy atom. The molecule has 0 bridgehead atoms. The molecule has 0 atom stereocenters. The standard InChI is InChI=1S/C21H18F2N2O5S/c22-21(23)31-16-7-5-15(6-8-16)24-17(26)12-30-20(29)14-3-1-13(2-4-14)11-25-18(27)9-10-19(25)28/h1-8,21H,9-12H2,(H,24,26). The number of likely N-dealkylation sites (tertiary alicyclic amines) is 1. The van der Waals surface area contributed by atoms with Crippen LogP contribution in [-0.2, 0) is 25.7 Å². The maximum Gasteiger partial charge on any atom is 0.338 e. The quantitative estimate of drug-likeness (QED) is 0.378. The number of rotatable bonds is 8. The van der Waals surface area contributed by atoms with Crippen molar-refractivity contribution >= 4 is 41.1 Å². The summed E-state index contributed by atoms with van der Waals surface area (Å²) in [5.41, 5.74) is 1.28. The van der Waals surface area contributed by atoms with E-state index in [2.05, 4.69) is 5.32 Å². The highest BCUT2D eigenvalue weighted by molar-refractivity contribution is 7.99. The van der Waals surface area contributed by atoms with Crippen LogP contribution >= 0.6 is 11.8 Å². The molecule has 2 aromatic rings. The summed E-state index contributed by atoms with van der Waals surface area (Å²) in [6.45, 7) is -0.380. The van der Waals surface area contributed by atoms with Gasteiger partial charge in [0.05, 0.1) is 12.1 Å². The van der Waals surface area contributed by atoms with E-state index in [1.165, 1.54) is 41.3 Å². The number of benzene rings is 2. The van der Waals surface area contributed by atoms with Gasteiger partial charge in [0.2, 0.25) is 11.8 Å². The Kier molecular flexibility index (Phi) is 7.35. The van der Waals surface area contributed by atoms with Crippen molar-refractivity contribution in [2.75, 3.05) is 11.9 Å². The topological polar surface area (TPSA) is 92.8 Å². The van der Waals surface area contributed by atoms with Crippen LogP contribution in [0.5, 0.6) is 0 Å². The van der Waals surface area contributed by atoms with Gasteiger partial charge in [0.25, 0.3) is 11.7 Å². The molecule has 3 rings (SSSR count). The summed E-state index contributed by atoms with van der Waals surface area (Å²) in [4.78, 5) is 48.9. The molecule has 7 nitrogen and oxygen atoms in total. The first-order valence-electron chi connectivity index (χ1n) is 9.26. The van der Waals surface area contributed by atoms with E-state index >= 15 is 0 Å². The van der Waals surface area contributed by atoms with Crippen molar-refractivity contribution in [1.29, 1.82) is 0 Å². The number of amides is 3. The fraction of sp³-hybridized carbons (Fsp3) is 0.238. The second kappa shape index (κ2) is 10.2. The molecule has 0 aliphatic carbocycles. The van der Waals surface area contributed by atoms with E-state index in [0.29, 0.717) is 27.9 Å². The zero-order chi connectivity index (χ0) is 22.4. The zero-order valence-corrected chi connectivity index (χ0v) is 17.0. The Morgan fingerprint density at radius 1 is 1.00 bits per heavy atom. The van der Waals surface area contributed by atoms with Crippen molar-refractivity contribution < 1.29 is 32.7 Å². The number of esters is 1. The van der Waals surface area contributed by atoms with Gasteiger partial charge < -0.3 is 10.1 Å². The van der Waals surface area contributed by atoms with E-state index in [0.717, 1.165) is 0 Å². The van der Waals surface area contributed by atoms with Crippen LogP contribution in [0, 0.1) is 0 Å². The molecule has 1 fully saturated rings. The van der Waals surface area contributed by atoms with Gasteiger partial charge in [-0.15, -0.1) is 0 Å². The van der Waals surface area contributed by atoms with E-state index in [4.69, 9.17) is 4.74 Å². The van der Waals surface area contributed by atoms with Gasteiger partial charge in [0.1, 0.15) is 0 Å². The Morgan fingerprint density at radius 2 is 1.61 bits per heavy atom. The van der Waals surface area contributed by atoms with E-state index in [1.54, 1.807) is 12.1 Å². The van der Waals surface area contributed by atoms with Gasteiger partial charge in [-0.1, -0.05) is 23.9 Å². The predicted octanol–water partition coefficient (Wildman–Crippen LogP) is 3.45. The van der Waals surface area contributed by atoms with Crippen molar-refractivity contribution in [1.82, 2.24) is 4.90 Å². The van der Waals surface area contributed by atoms with Crippen molar-refractivity contribution in [2.24, 2.45) is 0 Å².